The van der Waals surface area contributed by atoms with E-state index in [4.69, 9.17) is 4.84 Å². The van der Waals surface area contributed by atoms with Crippen LogP contribution in [0.3, 0.4) is 0 Å². The molecule has 2 aliphatic heterocycles. The van der Waals surface area contributed by atoms with Crippen molar-refractivity contribution in [3.05, 3.63) is 30.1 Å². The Kier molecular flexibility index (Phi) is 5.51. The fourth-order valence-corrected chi connectivity index (χ4v) is 3.02. The lowest BCUT2D eigenvalue weighted by Gasteiger charge is -2.24. The number of nitrogens with one attached hydrogen (secondary N) is 1. The average Bonchev–Trinajstić information content (AvgIpc) is 3.21. The van der Waals surface area contributed by atoms with Gasteiger partial charge in [-0.25, -0.2) is 0 Å². The maximum absolute atomic E-state index is 12.5. The summed E-state index contributed by atoms with van der Waals surface area (Å²) in [6.45, 7) is 5.77. The number of pyridine rings is 1. The average molecular weight is 359 g/mol. The number of likely N-dealkylation sites (tertiary alicyclic amines) is 1. The second-order valence-corrected chi connectivity index (χ2v) is 7.08. The summed E-state index contributed by atoms with van der Waals surface area (Å²) in [5.41, 5.74) is 1.28. The third kappa shape index (κ3) is 4.01. The quantitative estimate of drug-likeness (QED) is 0.787. The Morgan fingerprint density at radius 2 is 2.23 bits per heavy atom. The van der Waals surface area contributed by atoms with Gasteiger partial charge in [-0.2, -0.15) is 0 Å². The molecule has 0 aliphatic carbocycles. The summed E-state index contributed by atoms with van der Waals surface area (Å²) in [6.07, 6.45) is 3.16. The zero-order chi connectivity index (χ0) is 18.7. The number of nitrogens with zero attached hydrogens (tertiary/aromatic N) is 4. The summed E-state index contributed by atoms with van der Waals surface area (Å²) >= 11 is 0. The highest BCUT2D eigenvalue weighted by atomic mass is 16.6. The van der Waals surface area contributed by atoms with Gasteiger partial charge in [0.1, 0.15) is 0 Å². The number of oxime groups is 1. The van der Waals surface area contributed by atoms with Gasteiger partial charge in [0.05, 0.1) is 19.0 Å². The van der Waals surface area contributed by atoms with Crippen molar-refractivity contribution in [3.8, 4) is 0 Å². The number of carbonyl (C=O) groups is 2. The Morgan fingerprint density at radius 1 is 1.42 bits per heavy atom. The van der Waals surface area contributed by atoms with Gasteiger partial charge in [0.2, 0.25) is 5.91 Å². The van der Waals surface area contributed by atoms with Crippen LogP contribution in [0.1, 0.15) is 19.4 Å². The number of aromatic nitrogens is 1. The molecule has 1 fully saturated rings. The Morgan fingerprint density at radius 3 is 2.92 bits per heavy atom. The minimum Gasteiger partial charge on any atom is -0.389 e. The van der Waals surface area contributed by atoms with Gasteiger partial charge in [-0.05, 0) is 32.5 Å². The Balaban J connectivity index is 1.54. The number of likely N-dealkylation sites (N-methyl/N-ethyl adjacent to an activating group) is 1. The monoisotopic (exact) mass is 359 g/mol. The van der Waals surface area contributed by atoms with Crippen LogP contribution >= 0.6 is 0 Å². The van der Waals surface area contributed by atoms with Crippen LogP contribution in [-0.4, -0.2) is 71.1 Å². The lowest BCUT2D eigenvalue weighted by Crippen LogP contribution is -2.41. The summed E-state index contributed by atoms with van der Waals surface area (Å²) in [5.74, 6) is -0.374. The Labute approximate surface area is 153 Å². The van der Waals surface area contributed by atoms with E-state index in [-0.39, 0.29) is 23.8 Å². The molecule has 0 spiro atoms. The van der Waals surface area contributed by atoms with E-state index in [1.165, 1.54) is 0 Å². The summed E-state index contributed by atoms with van der Waals surface area (Å²) in [5, 5.41) is 6.80. The first-order chi connectivity index (χ1) is 12.5. The minimum atomic E-state index is -0.255. The molecule has 140 valence electrons. The van der Waals surface area contributed by atoms with Crippen molar-refractivity contribution in [2.75, 3.05) is 26.7 Å². The molecule has 0 saturated carbocycles. The molecule has 8 heteroatoms. The molecule has 2 aliphatic rings. The third-order valence-corrected chi connectivity index (χ3v) is 4.93. The molecule has 0 unspecified atom stereocenters. The van der Waals surface area contributed by atoms with Crippen molar-refractivity contribution in [2.45, 2.75) is 32.5 Å². The van der Waals surface area contributed by atoms with E-state index in [1.54, 1.807) is 17.3 Å². The van der Waals surface area contributed by atoms with Crippen LogP contribution in [0, 0.1) is 5.92 Å². The standard InChI is InChI=1S/C18H25N5O3/c1-12(2)22(3)11-16(24)23-9-14-15(10-23)26-21-17(14)18(25)20-8-13-5-4-6-19-7-13/h4-7,12,14-15H,8-11H2,1-3H3,(H,20,25)/t14-,15+/m0/s1. The van der Waals surface area contributed by atoms with Crippen LogP contribution in [0.15, 0.2) is 29.7 Å². The molecule has 2 atom stereocenters. The minimum absolute atomic E-state index is 0.0503. The maximum Gasteiger partial charge on any atom is 0.269 e. The van der Waals surface area contributed by atoms with Crippen molar-refractivity contribution in [1.82, 2.24) is 20.1 Å². The zero-order valence-electron chi connectivity index (χ0n) is 15.4. The van der Waals surface area contributed by atoms with E-state index in [9.17, 15) is 9.59 Å². The first-order valence-electron chi connectivity index (χ1n) is 8.84. The highest BCUT2D eigenvalue weighted by Crippen LogP contribution is 2.27. The lowest BCUT2D eigenvalue weighted by atomic mass is 10.0. The van der Waals surface area contributed by atoms with Crippen LogP contribution in [0.25, 0.3) is 0 Å². The molecule has 3 heterocycles. The molecule has 0 radical (unpaired) electrons. The van der Waals surface area contributed by atoms with Gasteiger partial charge in [0.15, 0.2) is 11.8 Å². The third-order valence-electron chi connectivity index (χ3n) is 4.93. The molecule has 0 aromatic carbocycles. The molecule has 0 bridgehead atoms. The van der Waals surface area contributed by atoms with Crippen LogP contribution in [0.4, 0.5) is 0 Å². The molecule has 26 heavy (non-hydrogen) atoms. The number of carbonyl (C=O) groups excluding carboxylic acids is 2. The van der Waals surface area contributed by atoms with Gasteiger partial charge in [0, 0.05) is 31.5 Å². The fraction of sp³-hybridized carbons (Fsp3) is 0.556. The molecule has 1 saturated heterocycles. The van der Waals surface area contributed by atoms with Gasteiger partial charge < -0.3 is 15.1 Å². The fourth-order valence-electron chi connectivity index (χ4n) is 3.02. The molecule has 8 nitrogen and oxygen atoms in total. The first kappa shape index (κ1) is 18.3. The number of fused-ring (bicyclic) bond motifs is 1. The normalized spacial score (nSPS) is 21.6. The second-order valence-electron chi connectivity index (χ2n) is 7.08. The van der Waals surface area contributed by atoms with Gasteiger partial charge in [-0.1, -0.05) is 11.2 Å². The maximum atomic E-state index is 12.5. The highest BCUT2D eigenvalue weighted by Gasteiger charge is 2.46. The van der Waals surface area contributed by atoms with E-state index >= 15 is 0 Å². The van der Waals surface area contributed by atoms with E-state index in [2.05, 4.69) is 15.5 Å². The molecule has 1 aromatic rings. The van der Waals surface area contributed by atoms with Crippen molar-refractivity contribution < 1.29 is 14.4 Å². The molecular formula is C18H25N5O3. The summed E-state index contributed by atoms with van der Waals surface area (Å²) < 4.78 is 0. The highest BCUT2D eigenvalue weighted by molar-refractivity contribution is 6.40. The predicted molar refractivity (Wildman–Crippen MR) is 96.2 cm³/mol. The van der Waals surface area contributed by atoms with E-state index in [0.29, 0.717) is 37.9 Å². The zero-order valence-corrected chi connectivity index (χ0v) is 15.4. The number of hydrogen-bond acceptors (Lipinski definition) is 6. The van der Waals surface area contributed by atoms with Gasteiger partial charge in [-0.15, -0.1) is 0 Å². The van der Waals surface area contributed by atoms with E-state index < -0.39 is 0 Å². The lowest BCUT2D eigenvalue weighted by molar-refractivity contribution is -0.132. The largest absolute Gasteiger partial charge is 0.389 e. The van der Waals surface area contributed by atoms with Gasteiger partial charge in [-0.3, -0.25) is 19.5 Å². The van der Waals surface area contributed by atoms with Crippen LogP contribution in [0.5, 0.6) is 0 Å². The van der Waals surface area contributed by atoms with Crippen LogP contribution in [-0.2, 0) is 21.0 Å². The van der Waals surface area contributed by atoms with E-state index in [1.807, 2.05) is 37.9 Å². The summed E-state index contributed by atoms with van der Waals surface area (Å²) in [4.78, 5) is 38.1. The Hall–Kier alpha value is -2.48. The number of amides is 2. The predicted octanol–water partition coefficient (Wildman–Crippen LogP) is 0.251. The van der Waals surface area contributed by atoms with Gasteiger partial charge >= 0.3 is 0 Å². The van der Waals surface area contributed by atoms with Crippen molar-refractivity contribution in [1.29, 1.82) is 0 Å². The van der Waals surface area contributed by atoms with Crippen LogP contribution < -0.4 is 5.32 Å². The molecule has 1 N–H and O–H groups in total. The van der Waals surface area contributed by atoms with E-state index in [0.717, 1.165) is 5.56 Å². The second kappa shape index (κ2) is 7.82. The SMILES string of the molecule is CC(C)N(C)CC(=O)N1C[C@@H]2C(C(=O)NCc3cccnc3)=NO[C@@H]2C1. The molecule has 1 aromatic heterocycles. The Bertz CT molecular complexity index is 691. The van der Waals surface area contributed by atoms with Crippen molar-refractivity contribution in [2.24, 2.45) is 11.1 Å². The molecule has 3 rings (SSSR count). The summed E-state index contributed by atoms with van der Waals surface area (Å²) in [7, 11) is 1.93. The van der Waals surface area contributed by atoms with Crippen molar-refractivity contribution in [3.63, 3.8) is 0 Å². The molecule has 2 amide bonds. The summed E-state index contributed by atoms with van der Waals surface area (Å²) in [6, 6.07) is 4.01. The smallest absolute Gasteiger partial charge is 0.269 e. The van der Waals surface area contributed by atoms with Gasteiger partial charge in [0.25, 0.3) is 5.91 Å². The molecular weight excluding hydrogens is 334 g/mol. The topological polar surface area (TPSA) is 87.1 Å². The van der Waals surface area contributed by atoms with Crippen molar-refractivity contribution >= 4 is 17.5 Å². The number of hydrogen-bond donors (Lipinski definition) is 1. The number of rotatable bonds is 6. The first-order valence-corrected chi connectivity index (χ1v) is 8.84. The van der Waals surface area contributed by atoms with Crippen LogP contribution in [0.2, 0.25) is 0 Å².